The molecule has 3 nitrogen and oxygen atoms in total. The van der Waals surface area contributed by atoms with Crippen LogP contribution in [0.15, 0.2) is 48.5 Å². The summed E-state index contributed by atoms with van der Waals surface area (Å²) in [6.07, 6.45) is 6.20. The molecule has 0 aliphatic carbocycles. The number of hydrogen-bond donors (Lipinski definition) is 1. The summed E-state index contributed by atoms with van der Waals surface area (Å²) in [5.41, 5.74) is 2.41. The molecular weight excluding hydrogens is 298 g/mol. The normalized spacial score (nSPS) is 11.8. The first-order valence-corrected chi connectivity index (χ1v) is 8.81. The van der Waals surface area contributed by atoms with Crippen molar-refractivity contribution < 1.29 is 9.47 Å². The van der Waals surface area contributed by atoms with Crippen LogP contribution in [-0.4, -0.2) is 14.2 Å². The predicted octanol–water partition coefficient (Wildman–Crippen LogP) is 5.83. The number of rotatable bonds is 10. The Labute approximate surface area is 146 Å². The molecule has 0 bridgehead atoms. The highest BCUT2D eigenvalue weighted by Gasteiger charge is 2.11. The van der Waals surface area contributed by atoms with Gasteiger partial charge in [-0.3, -0.25) is 0 Å². The highest BCUT2D eigenvalue weighted by atomic mass is 16.5. The summed E-state index contributed by atoms with van der Waals surface area (Å²) in [4.78, 5) is 0. The zero-order valence-corrected chi connectivity index (χ0v) is 15.0. The monoisotopic (exact) mass is 327 g/mol. The minimum atomic E-state index is 0.307. The topological polar surface area (TPSA) is 30.5 Å². The molecule has 3 heteroatoms. The Balaban J connectivity index is 2.07. The van der Waals surface area contributed by atoms with Gasteiger partial charge in [-0.2, -0.15) is 0 Å². The summed E-state index contributed by atoms with van der Waals surface area (Å²) in [6.45, 7) is 2.25. The van der Waals surface area contributed by atoms with Crippen molar-refractivity contribution in [2.75, 3.05) is 19.5 Å². The van der Waals surface area contributed by atoms with E-state index in [9.17, 15) is 0 Å². The molecule has 0 saturated carbocycles. The number of unbranched alkanes of at least 4 members (excludes halogenated alkanes) is 3. The number of methoxy groups -OCH3 is 2. The van der Waals surface area contributed by atoms with Crippen LogP contribution in [0.25, 0.3) is 0 Å². The fourth-order valence-corrected chi connectivity index (χ4v) is 2.82. The SMILES string of the molecule is CCCCCCC(Nc1ccc(OC)cc1)c1ccc(OC)cc1. The highest BCUT2D eigenvalue weighted by Crippen LogP contribution is 2.27. The molecule has 2 aromatic rings. The van der Waals surface area contributed by atoms with E-state index in [0.29, 0.717) is 6.04 Å². The zero-order chi connectivity index (χ0) is 17.2. The van der Waals surface area contributed by atoms with Gasteiger partial charge in [0.05, 0.1) is 20.3 Å². The molecule has 0 amide bonds. The number of hydrogen-bond acceptors (Lipinski definition) is 3. The van der Waals surface area contributed by atoms with Gasteiger partial charge in [0.2, 0.25) is 0 Å². The molecule has 0 heterocycles. The Bertz CT molecular complexity index is 578. The summed E-state index contributed by atoms with van der Waals surface area (Å²) in [7, 11) is 3.39. The standard InChI is InChI=1S/C21H29NO2/c1-4-5-6-7-8-21(17-9-13-19(23-2)14-10-17)22-18-11-15-20(24-3)16-12-18/h9-16,21-22H,4-8H2,1-3H3. The van der Waals surface area contributed by atoms with Gasteiger partial charge < -0.3 is 14.8 Å². The van der Waals surface area contributed by atoms with Gasteiger partial charge in [-0.15, -0.1) is 0 Å². The van der Waals surface area contributed by atoms with E-state index in [1.807, 2.05) is 24.3 Å². The number of benzene rings is 2. The van der Waals surface area contributed by atoms with Crippen molar-refractivity contribution in [3.63, 3.8) is 0 Å². The van der Waals surface area contributed by atoms with Crippen LogP contribution in [0.5, 0.6) is 11.5 Å². The van der Waals surface area contributed by atoms with Gasteiger partial charge >= 0.3 is 0 Å². The first-order valence-electron chi connectivity index (χ1n) is 8.81. The van der Waals surface area contributed by atoms with E-state index in [4.69, 9.17) is 9.47 Å². The van der Waals surface area contributed by atoms with Crippen molar-refractivity contribution in [3.05, 3.63) is 54.1 Å². The lowest BCUT2D eigenvalue weighted by Gasteiger charge is -2.21. The molecule has 0 saturated heterocycles. The maximum absolute atomic E-state index is 5.27. The quantitative estimate of drug-likeness (QED) is 0.557. The Hall–Kier alpha value is -2.16. The summed E-state index contributed by atoms with van der Waals surface area (Å²) in [6, 6.07) is 16.8. The van der Waals surface area contributed by atoms with Crippen LogP contribution in [-0.2, 0) is 0 Å². The molecule has 1 N–H and O–H groups in total. The molecule has 2 rings (SSSR count). The van der Waals surface area contributed by atoms with Crippen molar-refractivity contribution >= 4 is 5.69 Å². The van der Waals surface area contributed by atoms with Crippen LogP contribution in [0.2, 0.25) is 0 Å². The highest BCUT2D eigenvalue weighted by molar-refractivity contribution is 5.48. The molecule has 0 aliphatic heterocycles. The van der Waals surface area contributed by atoms with Gasteiger partial charge in [0, 0.05) is 5.69 Å². The first kappa shape index (κ1) is 18.2. The fourth-order valence-electron chi connectivity index (χ4n) is 2.82. The molecule has 2 aromatic carbocycles. The first-order chi connectivity index (χ1) is 11.8. The minimum Gasteiger partial charge on any atom is -0.497 e. The maximum Gasteiger partial charge on any atom is 0.119 e. The Morgan fingerprint density at radius 1 is 0.792 bits per heavy atom. The van der Waals surface area contributed by atoms with Gasteiger partial charge in [0.25, 0.3) is 0 Å². The van der Waals surface area contributed by atoms with Gasteiger partial charge in [-0.25, -0.2) is 0 Å². The smallest absolute Gasteiger partial charge is 0.119 e. The predicted molar refractivity (Wildman–Crippen MR) is 101 cm³/mol. The van der Waals surface area contributed by atoms with Gasteiger partial charge in [-0.05, 0) is 48.4 Å². The summed E-state index contributed by atoms with van der Waals surface area (Å²) in [5, 5.41) is 3.66. The molecule has 0 aliphatic rings. The van der Waals surface area contributed by atoms with E-state index in [-0.39, 0.29) is 0 Å². The lowest BCUT2D eigenvalue weighted by atomic mass is 9.99. The molecule has 0 fully saturated rings. The van der Waals surface area contributed by atoms with Crippen molar-refractivity contribution in [2.24, 2.45) is 0 Å². The van der Waals surface area contributed by atoms with Gasteiger partial charge in [0.15, 0.2) is 0 Å². The molecule has 130 valence electrons. The van der Waals surface area contributed by atoms with Gasteiger partial charge in [0.1, 0.15) is 11.5 Å². The molecule has 0 spiro atoms. The fraction of sp³-hybridized carbons (Fsp3) is 0.429. The number of anilines is 1. The Morgan fingerprint density at radius 2 is 1.38 bits per heavy atom. The van der Waals surface area contributed by atoms with Crippen molar-refractivity contribution in [1.29, 1.82) is 0 Å². The Kier molecular flexibility index (Phi) is 7.47. The van der Waals surface area contributed by atoms with E-state index in [0.717, 1.165) is 23.6 Å². The number of ether oxygens (including phenoxy) is 2. The molecule has 1 unspecified atom stereocenters. The maximum atomic E-state index is 5.27. The van der Waals surface area contributed by atoms with E-state index in [2.05, 4.69) is 36.5 Å². The second-order valence-electron chi connectivity index (χ2n) is 6.05. The average molecular weight is 327 g/mol. The lowest BCUT2D eigenvalue weighted by Crippen LogP contribution is -2.11. The van der Waals surface area contributed by atoms with E-state index in [1.165, 1.54) is 31.2 Å². The summed E-state index contributed by atoms with van der Waals surface area (Å²) in [5.74, 6) is 1.78. The van der Waals surface area contributed by atoms with Crippen LogP contribution in [0.3, 0.4) is 0 Å². The summed E-state index contributed by atoms with van der Waals surface area (Å²) < 4.78 is 10.5. The van der Waals surface area contributed by atoms with Crippen LogP contribution >= 0.6 is 0 Å². The second kappa shape index (κ2) is 9.86. The average Bonchev–Trinajstić information content (AvgIpc) is 2.65. The van der Waals surface area contributed by atoms with Crippen molar-refractivity contribution in [2.45, 2.75) is 45.1 Å². The molecule has 24 heavy (non-hydrogen) atoms. The third-order valence-corrected chi connectivity index (χ3v) is 4.30. The molecule has 0 radical (unpaired) electrons. The number of nitrogens with one attached hydrogen (secondary N) is 1. The Morgan fingerprint density at radius 3 is 1.92 bits per heavy atom. The third-order valence-electron chi connectivity index (χ3n) is 4.30. The summed E-state index contributed by atoms with van der Waals surface area (Å²) >= 11 is 0. The van der Waals surface area contributed by atoms with Gasteiger partial charge in [-0.1, -0.05) is 44.7 Å². The zero-order valence-electron chi connectivity index (χ0n) is 15.0. The van der Waals surface area contributed by atoms with Crippen LogP contribution < -0.4 is 14.8 Å². The van der Waals surface area contributed by atoms with Crippen LogP contribution in [0.4, 0.5) is 5.69 Å². The van der Waals surface area contributed by atoms with Crippen molar-refractivity contribution in [1.82, 2.24) is 0 Å². The largest absolute Gasteiger partial charge is 0.497 e. The molecular formula is C21H29NO2. The van der Waals surface area contributed by atoms with E-state index < -0.39 is 0 Å². The van der Waals surface area contributed by atoms with E-state index >= 15 is 0 Å². The minimum absolute atomic E-state index is 0.307. The van der Waals surface area contributed by atoms with Crippen molar-refractivity contribution in [3.8, 4) is 11.5 Å². The third kappa shape index (κ3) is 5.48. The van der Waals surface area contributed by atoms with Crippen LogP contribution in [0, 0.1) is 0 Å². The molecule has 0 aromatic heterocycles. The van der Waals surface area contributed by atoms with Crippen LogP contribution in [0.1, 0.15) is 50.6 Å². The van der Waals surface area contributed by atoms with E-state index in [1.54, 1.807) is 14.2 Å². The second-order valence-corrected chi connectivity index (χ2v) is 6.05. The lowest BCUT2D eigenvalue weighted by molar-refractivity contribution is 0.414. The molecule has 1 atom stereocenters.